The average molecular weight is 300 g/mol. The first kappa shape index (κ1) is 10.2. The van der Waals surface area contributed by atoms with E-state index >= 15 is 0 Å². The average Bonchev–Trinajstić information content (AvgIpc) is 3.04. The maximum absolute atomic E-state index is 10.6. The Morgan fingerprint density at radius 1 is 1.35 bits per heavy atom. The van der Waals surface area contributed by atoms with E-state index < -0.39 is 41.9 Å². The van der Waals surface area contributed by atoms with Crippen LogP contribution in [0.5, 0.6) is 5.75 Å². The van der Waals surface area contributed by atoms with Crippen molar-refractivity contribution in [3.05, 3.63) is 41.8 Å². The van der Waals surface area contributed by atoms with Crippen molar-refractivity contribution in [2.75, 3.05) is 0 Å². The van der Waals surface area contributed by atoms with Gasteiger partial charge in [0.2, 0.25) is 6.23 Å². The zero-order valence-electron chi connectivity index (χ0n) is 15.4. The summed E-state index contributed by atoms with van der Waals surface area (Å²) in [5.74, 6) is -0.307. The number of aliphatic hydroxyl groups is 1. The first-order chi connectivity index (χ1) is 11.1. The summed E-state index contributed by atoms with van der Waals surface area (Å²) in [5, 5.41) is 14.3. The van der Waals surface area contributed by atoms with E-state index in [1.54, 1.807) is 20.8 Å². The molecule has 0 bridgehead atoms. The molecule has 108 valence electrons. The molecule has 6 heteroatoms. The lowest BCUT2D eigenvalue weighted by atomic mass is 9.88. The molecule has 0 aliphatic carbocycles. The minimum atomic E-state index is -1.08. The highest BCUT2D eigenvalue weighted by Gasteiger charge is 2.34. The number of halogens is 1. The summed E-state index contributed by atoms with van der Waals surface area (Å²) in [6, 6.07) is -1.66. The lowest BCUT2D eigenvalue weighted by Crippen LogP contribution is -2.38. The van der Waals surface area contributed by atoms with Crippen LogP contribution in [-0.4, -0.2) is 26.0 Å². The first-order valence-corrected chi connectivity index (χ1v) is 6.38. The zero-order valence-corrected chi connectivity index (χ0v) is 12.1. The summed E-state index contributed by atoms with van der Waals surface area (Å²) in [7, 11) is 0. The van der Waals surface area contributed by atoms with Gasteiger partial charge in [-0.3, -0.25) is 0 Å². The Kier molecular flexibility index (Phi) is 2.96. The SMILES string of the molecule is [2H]c1c([2H])c(OC(C(O)C(C)(C)C)n2cncn2)c([2H])c([2H])c1Cl. The van der Waals surface area contributed by atoms with Crippen molar-refractivity contribution in [2.24, 2.45) is 5.41 Å². The van der Waals surface area contributed by atoms with Gasteiger partial charge in [-0.25, -0.2) is 9.67 Å². The number of hydrogen-bond acceptors (Lipinski definition) is 4. The van der Waals surface area contributed by atoms with Gasteiger partial charge in [0, 0.05) is 5.02 Å². The molecule has 1 N–H and O–H groups in total. The van der Waals surface area contributed by atoms with E-state index in [9.17, 15) is 5.11 Å². The molecule has 2 aromatic rings. The molecule has 2 atom stereocenters. The molecular formula is C14H18ClN3O2. The number of rotatable bonds is 4. The third-order valence-corrected chi connectivity index (χ3v) is 2.85. The van der Waals surface area contributed by atoms with Gasteiger partial charge < -0.3 is 9.84 Å². The maximum atomic E-state index is 10.6. The molecule has 0 radical (unpaired) electrons. The molecule has 0 saturated carbocycles. The Labute approximate surface area is 128 Å². The van der Waals surface area contributed by atoms with E-state index in [1.165, 1.54) is 17.3 Å². The standard InChI is InChI=1S/C14H18ClN3O2/c1-14(2,3)12(19)13(18-9-16-8-17-18)20-11-6-4-10(15)5-7-11/h4-9,12-13,19H,1-3H3/i4D,5D,6D,7D. The van der Waals surface area contributed by atoms with Crippen molar-refractivity contribution in [3.8, 4) is 5.75 Å². The van der Waals surface area contributed by atoms with Crippen molar-refractivity contribution in [1.82, 2.24) is 14.8 Å². The summed E-state index contributed by atoms with van der Waals surface area (Å²) < 4.78 is 38.4. The van der Waals surface area contributed by atoms with Crippen molar-refractivity contribution < 1.29 is 15.3 Å². The molecule has 20 heavy (non-hydrogen) atoms. The molecule has 5 nitrogen and oxygen atoms in total. The molecule has 1 aromatic heterocycles. The van der Waals surface area contributed by atoms with E-state index in [4.69, 9.17) is 21.8 Å². The lowest BCUT2D eigenvalue weighted by Gasteiger charge is -2.32. The number of benzene rings is 1. The van der Waals surface area contributed by atoms with Gasteiger partial charge in [0.15, 0.2) is 0 Å². The summed E-state index contributed by atoms with van der Waals surface area (Å²) in [6.45, 7) is 5.38. The third kappa shape index (κ3) is 3.49. The number of hydrogen-bond donors (Lipinski definition) is 1. The quantitative estimate of drug-likeness (QED) is 0.943. The maximum Gasteiger partial charge on any atom is 0.219 e. The molecule has 2 unspecified atom stereocenters. The Bertz CT molecular complexity index is 706. The Morgan fingerprint density at radius 3 is 2.50 bits per heavy atom. The molecule has 0 aliphatic rings. The van der Waals surface area contributed by atoms with Crippen LogP contribution < -0.4 is 4.74 Å². The number of aliphatic hydroxyl groups excluding tert-OH is 1. The Balaban J connectivity index is 2.53. The van der Waals surface area contributed by atoms with Crippen molar-refractivity contribution in [2.45, 2.75) is 33.1 Å². The molecule has 2 rings (SSSR count). The largest absolute Gasteiger partial charge is 0.466 e. The van der Waals surface area contributed by atoms with E-state index in [2.05, 4.69) is 10.1 Å². The molecule has 0 amide bonds. The summed E-state index contributed by atoms with van der Waals surface area (Å²) in [4.78, 5) is 3.82. The second-order valence-corrected chi connectivity index (χ2v) is 5.72. The molecule has 0 fully saturated rings. The summed E-state index contributed by atoms with van der Waals surface area (Å²) in [5.41, 5.74) is -0.596. The van der Waals surface area contributed by atoms with Crippen LogP contribution >= 0.6 is 11.6 Å². The van der Waals surface area contributed by atoms with E-state index in [1.807, 2.05) is 0 Å². The van der Waals surface area contributed by atoms with Crippen molar-refractivity contribution in [1.29, 1.82) is 0 Å². The van der Waals surface area contributed by atoms with Crippen molar-refractivity contribution in [3.63, 3.8) is 0 Å². The zero-order chi connectivity index (χ0) is 18.2. The third-order valence-electron chi connectivity index (χ3n) is 2.66. The van der Waals surface area contributed by atoms with Gasteiger partial charge in [0.05, 0.1) is 5.48 Å². The number of ether oxygens (including phenoxy) is 1. The van der Waals surface area contributed by atoms with Crippen LogP contribution in [-0.2, 0) is 0 Å². The molecule has 1 heterocycles. The monoisotopic (exact) mass is 299 g/mol. The van der Waals surface area contributed by atoms with Crippen LogP contribution in [0, 0.1) is 5.41 Å². The van der Waals surface area contributed by atoms with Gasteiger partial charge in [-0.05, 0) is 29.6 Å². The van der Waals surface area contributed by atoms with E-state index in [0.717, 1.165) is 0 Å². The molecule has 0 aliphatic heterocycles. The molecule has 0 saturated heterocycles. The Hall–Kier alpha value is -1.59. The van der Waals surface area contributed by atoms with Gasteiger partial charge in [0.25, 0.3) is 0 Å². The van der Waals surface area contributed by atoms with Gasteiger partial charge in [-0.1, -0.05) is 32.4 Å². The van der Waals surface area contributed by atoms with Gasteiger partial charge in [-0.15, -0.1) is 0 Å². The number of nitrogens with zero attached hydrogens (tertiary/aromatic N) is 3. The highest BCUT2D eigenvalue weighted by Crippen LogP contribution is 2.30. The number of aromatic nitrogens is 3. The molecule has 0 spiro atoms. The van der Waals surface area contributed by atoms with Crippen LogP contribution in [0.1, 0.15) is 32.5 Å². The van der Waals surface area contributed by atoms with E-state index in [-0.39, 0.29) is 10.8 Å². The normalized spacial score (nSPS) is 17.6. The predicted molar refractivity (Wildman–Crippen MR) is 76.6 cm³/mol. The highest BCUT2D eigenvalue weighted by molar-refractivity contribution is 6.30. The van der Waals surface area contributed by atoms with Crippen LogP contribution in [0.4, 0.5) is 0 Å². The lowest BCUT2D eigenvalue weighted by molar-refractivity contribution is -0.0731. The summed E-state index contributed by atoms with van der Waals surface area (Å²) >= 11 is 5.78. The highest BCUT2D eigenvalue weighted by atomic mass is 35.5. The van der Waals surface area contributed by atoms with Crippen LogP contribution in [0.25, 0.3) is 0 Å². The van der Waals surface area contributed by atoms with Gasteiger partial charge in [0.1, 0.15) is 24.5 Å². The summed E-state index contributed by atoms with van der Waals surface area (Å²) in [6.07, 6.45) is 0.465. The predicted octanol–water partition coefficient (Wildman–Crippen LogP) is 2.92. The molecule has 1 aromatic carbocycles. The minimum absolute atomic E-state index is 0.286. The second kappa shape index (κ2) is 5.81. The van der Waals surface area contributed by atoms with Crippen LogP contribution in [0.3, 0.4) is 0 Å². The fraction of sp³-hybridized carbons (Fsp3) is 0.429. The van der Waals surface area contributed by atoms with Crippen molar-refractivity contribution >= 4 is 11.6 Å². The fourth-order valence-electron chi connectivity index (χ4n) is 1.51. The second-order valence-electron chi connectivity index (χ2n) is 5.34. The van der Waals surface area contributed by atoms with Crippen LogP contribution in [0.15, 0.2) is 36.8 Å². The van der Waals surface area contributed by atoms with Gasteiger partial charge in [-0.2, -0.15) is 5.10 Å². The molecular weight excluding hydrogens is 278 g/mol. The smallest absolute Gasteiger partial charge is 0.219 e. The van der Waals surface area contributed by atoms with Gasteiger partial charge >= 0.3 is 0 Å². The first-order valence-electron chi connectivity index (χ1n) is 8.00. The minimum Gasteiger partial charge on any atom is -0.466 e. The topological polar surface area (TPSA) is 60.2 Å². The van der Waals surface area contributed by atoms with E-state index in [0.29, 0.717) is 0 Å². The Morgan fingerprint density at radius 2 is 2.00 bits per heavy atom. The fourth-order valence-corrected chi connectivity index (χ4v) is 1.60. The van der Waals surface area contributed by atoms with Crippen LogP contribution in [0.2, 0.25) is 5.02 Å².